The van der Waals surface area contributed by atoms with Gasteiger partial charge in [0.05, 0.1) is 16.8 Å². The van der Waals surface area contributed by atoms with Gasteiger partial charge >= 0.3 is 12.1 Å². The highest BCUT2D eigenvalue weighted by molar-refractivity contribution is 7.90. The van der Waals surface area contributed by atoms with Crippen molar-refractivity contribution in [3.05, 3.63) is 29.3 Å². The first kappa shape index (κ1) is 15.2. The molecule has 0 aliphatic rings. The summed E-state index contributed by atoms with van der Waals surface area (Å²) in [5.41, 5.74) is -2.44. The number of alkyl halides is 3. The fraction of sp³-hybridized carbons (Fsp3) is 0.222. The smallest absolute Gasteiger partial charge is 0.416 e. The van der Waals surface area contributed by atoms with E-state index in [9.17, 15) is 26.4 Å². The van der Waals surface area contributed by atoms with E-state index in [1.165, 1.54) is 0 Å². The average Bonchev–Trinajstić information content (AvgIpc) is 2.26. The highest BCUT2D eigenvalue weighted by Crippen LogP contribution is 2.32. The molecule has 1 aromatic carbocycles. The van der Waals surface area contributed by atoms with Crippen molar-refractivity contribution < 1.29 is 31.5 Å². The third-order valence-corrected chi connectivity index (χ3v) is 3.07. The molecule has 0 heterocycles. The van der Waals surface area contributed by atoms with Crippen LogP contribution in [-0.2, 0) is 16.4 Å². The molecule has 0 bridgehead atoms. The first-order chi connectivity index (χ1) is 8.55. The Labute approximate surface area is 106 Å². The molecule has 3 N–H and O–H groups in total. The number of rotatable bonds is 4. The minimum Gasteiger partial charge on any atom is -0.478 e. The third kappa shape index (κ3) is 4.10. The summed E-state index contributed by atoms with van der Waals surface area (Å²) in [5.74, 6) is -1.60. The maximum atomic E-state index is 12.5. The van der Waals surface area contributed by atoms with Crippen molar-refractivity contribution in [2.75, 3.05) is 11.8 Å². The van der Waals surface area contributed by atoms with Gasteiger partial charge in [0.25, 0.3) is 10.2 Å². The van der Waals surface area contributed by atoms with Gasteiger partial charge in [-0.1, -0.05) is 0 Å². The number of benzene rings is 1. The zero-order valence-corrected chi connectivity index (χ0v) is 10.3. The second kappa shape index (κ2) is 5.05. The molecule has 10 heteroatoms. The molecule has 0 radical (unpaired) electrons. The summed E-state index contributed by atoms with van der Waals surface area (Å²) in [6.45, 7) is 0. The second-order valence-corrected chi connectivity index (χ2v) is 5.03. The van der Waals surface area contributed by atoms with Crippen molar-refractivity contribution >= 4 is 21.9 Å². The van der Waals surface area contributed by atoms with E-state index < -0.39 is 39.2 Å². The van der Waals surface area contributed by atoms with Gasteiger partial charge in [-0.15, -0.1) is 0 Å². The van der Waals surface area contributed by atoms with Gasteiger partial charge in [-0.3, -0.25) is 4.72 Å². The average molecular weight is 298 g/mol. The van der Waals surface area contributed by atoms with Gasteiger partial charge in [0.1, 0.15) is 0 Å². The number of aromatic carboxylic acids is 1. The van der Waals surface area contributed by atoms with Crippen molar-refractivity contribution in [3.8, 4) is 0 Å². The normalized spacial score (nSPS) is 12.2. The first-order valence-corrected chi connectivity index (χ1v) is 6.20. The molecule has 0 atom stereocenters. The van der Waals surface area contributed by atoms with Crippen molar-refractivity contribution in [1.29, 1.82) is 0 Å². The highest BCUT2D eigenvalue weighted by atomic mass is 32.2. The van der Waals surface area contributed by atoms with Crippen LogP contribution in [0.5, 0.6) is 0 Å². The minimum absolute atomic E-state index is 0.416. The molecule has 6 nitrogen and oxygen atoms in total. The second-order valence-electron chi connectivity index (χ2n) is 3.41. The molecule has 0 fully saturated rings. The molecule has 19 heavy (non-hydrogen) atoms. The lowest BCUT2D eigenvalue weighted by Gasteiger charge is -2.12. The van der Waals surface area contributed by atoms with Crippen LogP contribution >= 0.6 is 0 Å². The molecule has 0 aliphatic heterocycles. The Bertz CT molecular complexity index is 598. The molecular formula is C9H9F3N2O4S. The summed E-state index contributed by atoms with van der Waals surface area (Å²) in [5, 5.41) is 8.69. The number of carboxylic acids is 1. The van der Waals surface area contributed by atoms with E-state index in [1.807, 2.05) is 4.72 Å². The van der Waals surface area contributed by atoms with Crippen LogP contribution in [0.3, 0.4) is 0 Å². The van der Waals surface area contributed by atoms with E-state index in [0.717, 1.165) is 13.1 Å². The predicted octanol–water partition coefficient (Wildman–Crippen LogP) is 1.28. The van der Waals surface area contributed by atoms with Gasteiger partial charge in [-0.25, -0.2) is 9.52 Å². The lowest BCUT2D eigenvalue weighted by atomic mass is 10.1. The van der Waals surface area contributed by atoms with Gasteiger partial charge < -0.3 is 5.11 Å². The molecule has 0 unspecified atom stereocenters. The van der Waals surface area contributed by atoms with Crippen molar-refractivity contribution in [2.24, 2.45) is 0 Å². The zero-order chi connectivity index (χ0) is 14.8. The van der Waals surface area contributed by atoms with Crippen molar-refractivity contribution in [1.82, 2.24) is 4.72 Å². The van der Waals surface area contributed by atoms with Crippen LogP contribution in [0.15, 0.2) is 18.2 Å². The highest BCUT2D eigenvalue weighted by Gasteiger charge is 2.32. The van der Waals surface area contributed by atoms with E-state index in [-0.39, 0.29) is 0 Å². The molecule has 0 spiro atoms. The van der Waals surface area contributed by atoms with Gasteiger partial charge in [0.15, 0.2) is 0 Å². The summed E-state index contributed by atoms with van der Waals surface area (Å²) < 4.78 is 63.5. The van der Waals surface area contributed by atoms with Crippen molar-refractivity contribution in [2.45, 2.75) is 6.18 Å². The largest absolute Gasteiger partial charge is 0.478 e. The van der Waals surface area contributed by atoms with E-state index in [1.54, 1.807) is 4.72 Å². The van der Waals surface area contributed by atoms with Crippen LogP contribution in [0, 0.1) is 0 Å². The van der Waals surface area contributed by atoms with Gasteiger partial charge in [-0.2, -0.15) is 21.6 Å². The topological polar surface area (TPSA) is 95.5 Å². The number of hydrogen-bond acceptors (Lipinski definition) is 3. The van der Waals surface area contributed by atoms with Crippen LogP contribution in [0.1, 0.15) is 15.9 Å². The monoisotopic (exact) mass is 298 g/mol. The SMILES string of the molecule is CNS(=O)(=O)Nc1cc(C(=O)O)cc(C(F)(F)F)c1. The lowest BCUT2D eigenvalue weighted by molar-refractivity contribution is -0.137. The van der Waals surface area contributed by atoms with Gasteiger partial charge in [0, 0.05) is 7.05 Å². The fourth-order valence-corrected chi connectivity index (χ4v) is 1.71. The van der Waals surface area contributed by atoms with E-state index >= 15 is 0 Å². The number of carbonyl (C=O) groups is 1. The van der Waals surface area contributed by atoms with Crippen LogP contribution < -0.4 is 9.44 Å². The molecule has 0 saturated carbocycles. The Hall–Kier alpha value is -1.81. The number of nitrogens with one attached hydrogen (secondary N) is 2. The number of anilines is 1. The van der Waals surface area contributed by atoms with Gasteiger partial charge in [-0.05, 0) is 18.2 Å². The number of hydrogen-bond donors (Lipinski definition) is 3. The van der Waals surface area contributed by atoms with E-state index in [2.05, 4.69) is 0 Å². The van der Waals surface area contributed by atoms with Crippen LogP contribution in [0.25, 0.3) is 0 Å². The minimum atomic E-state index is -4.79. The molecule has 0 saturated heterocycles. The number of carboxylic acid groups (broad SMARTS) is 1. The Morgan fingerprint density at radius 1 is 1.26 bits per heavy atom. The molecule has 0 aliphatic carbocycles. The first-order valence-electron chi connectivity index (χ1n) is 4.72. The van der Waals surface area contributed by atoms with Crippen LogP contribution in [0.2, 0.25) is 0 Å². The molecule has 1 rings (SSSR count). The number of halogens is 3. The molecule has 0 amide bonds. The molecular weight excluding hydrogens is 289 g/mol. The molecule has 1 aromatic rings. The standard InChI is InChI=1S/C9H9F3N2O4S/c1-13-19(17,18)14-7-3-5(8(15)16)2-6(4-7)9(10,11)12/h2-4,13-14H,1H3,(H,15,16). The summed E-state index contributed by atoms with van der Waals surface area (Å²) >= 11 is 0. The lowest BCUT2D eigenvalue weighted by Crippen LogP contribution is -2.26. The Morgan fingerprint density at radius 2 is 1.84 bits per heavy atom. The maximum Gasteiger partial charge on any atom is 0.416 e. The maximum absolute atomic E-state index is 12.5. The summed E-state index contributed by atoms with van der Waals surface area (Å²) in [7, 11) is -2.99. The van der Waals surface area contributed by atoms with Crippen LogP contribution in [-0.4, -0.2) is 26.5 Å². The summed E-state index contributed by atoms with van der Waals surface area (Å²) in [4.78, 5) is 10.7. The van der Waals surface area contributed by atoms with Gasteiger partial charge in [0.2, 0.25) is 0 Å². The quantitative estimate of drug-likeness (QED) is 0.780. The zero-order valence-electron chi connectivity index (χ0n) is 9.45. The van der Waals surface area contributed by atoms with Crippen LogP contribution in [0.4, 0.5) is 18.9 Å². The van der Waals surface area contributed by atoms with E-state index in [4.69, 9.17) is 5.11 Å². The predicted molar refractivity (Wildman–Crippen MR) is 60.0 cm³/mol. The molecule has 106 valence electrons. The third-order valence-electron chi connectivity index (χ3n) is 2.03. The Morgan fingerprint density at radius 3 is 2.26 bits per heavy atom. The Kier molecular flexibility index (Phi) is 4.06. The Balaban J connectivity index is 3.33. The summed E-state index contributed by atoms with van der Waals surface area (Å²) in [6.07, 6.45) is -4.79. The summed E-state index contributed by atoms with van der Waals surface area (Å²) in [6, 6.07) is 1.70. The van der Waals surface area contributed by atoms with Crippen molar-refractivity contribution in [3.63, 3.8) is 0 Å². The van der Waals surface area contributed by atoms with E-state index in [0.29, 0.717) is 12.1 Å². The fourth-order valence-electron chi connectivity index (χ4n) is 1.18. The molecule has 0 aromatic heterocycles.